The number of nitrogens with one attached hydrogen (secondary N) is 1. The van der Waals surface area contributed by atoms with E-state index < -0.39 is 21.7 Å². The summed E-state index contributed by atoms with van der Waals surface area (Å²) in [5.74, 6) is -1.36. The minimum atomic E-state index is -3.64. The summed E-state index contributed by atoms with van der Waals surface area (Å²) in [4.78, 5) is 13.7. The fourth-order valence-corrected chi connectivity index (χ4v) is 3.49. The van der Waals surface area contributed by atoms with E-state index in [0.29, 0.717) is 24.4 Å². The van der Waals surface area contributed by atoms with Crippen LogP contribution in [-0.2, 0) is 19.6 Å². The van der Waals surface area contributed by atoms with Crippen molar-refractivity contribution in [1.82, 2.24) is 9.62 Å². The van der Waals surface area contributed by atoms with Gasteiger partial charge in [0.05, 0.1) is 11.6 Å². The molecule has 0 saturated carbocycles. The first-order valence-corrected chi connectivity index (χ1v) is 8.54. The molecule has 3 N–H and O–H groups in total. The largest absolute Gasteiger partial charge is 0.465 e. The van der Waals surface area contributed by atoms with Gasteiger partial charge in [0.25, 0.3) is 0 Å². The zero-order valence-electron chi connectivity index (χ0n) is 11.5. The molecule has 1 heterocycles. The van der Waals surface area contributed by atoms with Crippen LogP contribution in [-0.4, -0.2) is 62.3 Å². The van der Waals surface area contributed by atoms with Crippen molar-refractivity contribution in [3.8, 4) is 0 Å². The van der Waals surface area contributed by atoms with Crippen molar-refractivity contribution in [3.63, 3.8) is 0 Å². The maximum atomic E-state index is 11.8. The van der Waals surface area contributed by atoms with E-state index in [2.05, 4.69) is 14.4 Å². The van der Waals surface area contributed by atoms with E-state index in [0.717, 1.165) is 13.1 Å². The maximum absolute atomic E-state index is 11.8. The third-order valence-corrected chi connectivity index (χ3v) is 4.36. The first kappa shape index (κ1) is 17.3. The topological polar surface area (TPSA) is 102 Å². The highest BCUT2D eigenvalue weighted by Crippen LogP contribution is 2.11. The number of likely N-dealkylation sites (tertiary alicyclic amines) is 1. The molecule has 0 atom stereocenters. The second-order valence-electron chi connectivity index (χ2n) is 4.70. The van der Waals surface area contributed by atoms with Crippen molar-refractivity contribution < 1.29 is 17.9 Å². The molecule has 0 aliphatic carbocycles. The summed E-state index contributed by atoms with van der Waals surface area (Å²) in [6.07, 6.45) is 1.34. The third kappa shape index (κ3) is 6.60. The molecule has 0 radical (unpaired) electrons. The Morgan fingerprint density at radius 1 is 1.45 bits per heavy atom. The van der Waals surface area contributed by atoms with Gasteiger partial charge in [-0.25, -0.2) is 13.1 Å². The highest BCUT2D eigenvalue weighted by molar-refractivity contribution is 7.90. The van der Waals surface area contributed by atoms with Crippen LogP contribution in [0.1, 0.15) is 19.8 Å². The molecule has 0 amide bonds. The lowest BCUT2D eigenvalue weighted by atomic mass is 10.1. The molecule has 1 aliphatic rings. The number of piperidine rings is 1. The minimum Gasteiger partial charge on any atom is -0.465 e. The molecule has 1 fully saturated rings. The fourth-order valence-electron chi connectivity index (χ4n) is 2.08. The molecule has 1 aliphatic heterocycles. The number of sulfonamides is 1. The van der Waals surface area contributed by atoms with Crippen molar-refractivity contribution in [2.75, 3.05) is 32.0 Å². The highest BCUT2D eigenvalue weighted by Gasteiger charge is 2.25. The summed E-state index contributed by atoms with van der Waals surface area (Å²) in [5.41, 5.74) is 5.47. The molecule has 0 spiro atoms. The van der Waals surface area contributed by atoms with Crippen molar-refractivity contribution in [3.05, 3.63) is 0 Å². The lowest BCUT2D eigenvalue weighted by Gasteiger charge is -2.31. The number of thiocarbonyl (C=S) groups is 1. The predicted octanol–water partition coefficient (Wildman–Crippen LogP) is -0.781. The van der Waals surface area contributed by atoms with Gasteiger partial charge in [0.1, 0.15) is 0 Å². The van der Waals surface area contributed by atoms with E-state index in [-0.39, 0.29) is 12.6 Å². The van der Waals surface area contributed by atoms with E-state index in [1.54, 1.807) is 6.92 Å². The third-order valence-electron chi connectivity index (χ3n) is 2.93. The van der Waals surface area contributed by atoms with Crippen LogP contribution in [0.4, 0.5) is 0 Å². The van der Waals surface area contributed by atoms with Gasteiger partial charge in [-0.1, -0.05) is 12.2 Å². The molecule has 116 valence electrons. The van der Waals surface area contributed by atoms with Gasteiger partial charge in [-0.2, -0.15) is 0 Å². The van der Waals surface area contributed by atoms with Crippen LogP contribution in [0.25, 0.3) is 0 Å². The van der Waals surface area contributed by atoms with Gasteiger partial charge in [0.2, 0.25) is 10.0 Å². The average molecular weight is 323 g/mol. The Hall–Kier alpha value is -0.770. The molecule has 20 heavy (non-hydrogen) atoms. The summed E-state index contributed by atoms with van der Waals surface area (Å²) >= 11 is 4.84. The second-order valence-corrected chi connectivity index (χ2v) is 6.98. The van der Waals surface area contributed by atoms with Gasteiger partial charge in [0, 0.05) is 25.7 Å². The van der Waals surface area contributed by atoms with Gasteiger partial charge in [-0.05, 0) is 19.8 Å². The first-order valence-electron chi connectivity index (χ1n) is 6.48. The van der Waals surface area contributed by atoms with Crippen LogP contribution in [0.2, 0.25) is 0 Å². The quantitative estimate of drug-likeness (QED) is 0.468. The Balaban J connectivity index is 2.39. The molecule has 0 unspecified atom stereocenters. The summed E-state index contributed by atoms with van der Waals surface area (Å²) in [6.45, 7) is 3.81. The molecule has 9 heteroatoms. The average Bonchev–Trinajstić information content (AvgIpc) is 2.30. The van der Waals surface area contributed by atoms with Crippen LogP contribution in [0, 0.1) is 0 Å². The monoisotopic (exact) mass is 323 g/mol. The van der Waals surface area contributed by atoms with Crippen LogP contribution in [0.15, 0.2) is 0 Å². The van der Waals surface area contributed by atoms with Crippen LogP contribution < -0.4 is 10.5 Å². The SMILES string of the molecule is CCOC(=O)CS(=O)(=O)NC1CCN(CC(N)=S)CC1. The molecule has 0 aromatic rings. The van der Waals surface area contributed by atoms with Crippen molar-refractivity contribution in [2.24, 2.45) is 5.73 Å². The van der Waals surface area contributed by atoms with Crippen molar-refractivity contribution in [1.29, 1.82) is 0 Å². The molecule has 7 nitrogen and oxygen atoms in total. The lowest BCUT2D eigenvalue weighted by molar-refractivity contribution is -0.139. The standard InChI is InChI=1S/C11H21N3O4S2/c1-2-18-11(15)8-20(16,17)13-9-3-5-14(6-4-9)7-10(12)19/h9,13H,2-8H2,1H3,(H2,12,19). The van der Waals surface area contributed by atoms with E-state index >= 15 is 0 Å². The number of ether oxygens (including phenoxy) is 1. The number of hydrogen-bond donors (Lipinski definition) is 2. The summed E-state index contributed by atoms with van der Waals surface area (Å²) in [7, 11) is -3.64. The smallest absolute Gasteiger partial charge is 0.322 e. The predicted molar refractivity (Wildman–Crippen MR) is 79.8 cm³/mol. The van der Waals surface area contributed by atoms with E-state index in [1.807, 2.05) is 0 Å². The van der Waals surface area contributed by atoms with E-state index in [4.69, 9.17) is 18.0 Å². The lowest BCUT2D eigenvalue weighted by Crippen LogP contribution is -2.47. The number of carbonyl (C=O) groups is 1. The Bertz CT molecular complexity index is 445. The van der Waals surface area contributed by atoms with Gasteiger partial charge in [0.15, 0.2) is 5.75 Å². The van der Waals surface area contributed by atoms with Gasteiger partial charge in [-0.15, -0.1) is 0 Å². The molecule has 1 rings (SSSR count). The van der Waals surface area contributed by atoms with Gasteiger partial charge in [-0.3, -0.25) is 9.69 Å². The Kier molecular flexibility index (Phi) is 6.80. The Morgan fingerprint density at radius 3 is 2.55 bits per heavy atom. The summed E-state index contributed by atoms with van der Waals surface area (Å²) in [5, 5.41) is 0. The van der Waals surface area contributed by atoms with E-state index in [9.17, 15) is 13.2 Å². The fraction of sp³-hybridized carbons (Fsp3) is 0.818. The first-order chi connectivity index (χ1) is 9.32. The number of esters is 1. The number of rotatable bonds is 7. The van der Waals surface area contributed by atoms with Crippen LogP contribution in [0.5, 0.6) is 0 Å². The normalized spacial score (nSPS) is 17.9. The van der Waals surface area contributed by atoms with Crippen molar-refractivity contribution >= 4 is 33.2 Å². The molecular weight excluding hydrogens is 302 g/mol. The maximum Gasteiger partial charge on any atom is 0.322 e. The van der Waals surface area contributed by atoms with Gasteiger partial charge >= 0.3 is 5.97 Å². The van der Waals surface area contributed by atoms with Crippen LogP contribution in [0.3, 0.4) is 0 Å². The molecule has 1 saturated heterocycles. The number of nitrogens with two attached hydrogens (primary N) is 1. The highest BCUT2D eigenvalue weighted by atomic mass is 32.2. The number of carbonyl (C=O) groups excluding carboxylic acids is 1. The van der Waals surface area contributed by atoms with Crippen LogP contribution >= 0.6 is 12.2 Å². The van der Waals surface area contributed by atoms with Crippen molar-refractivity contribution in [2.45, 2.75) is 25.8 Å². The molecule has 0 bridgehead atoms. The minimum absolute atomic E-state index is 0.156. The zero-order chi connectivity index (χ0) is 15.2. The molecule has 0 aromatic heterocycles. The number of nitrogens with zero attached hydrogens (tertiary/aromatic N) is 1. The molecule has 0 aromatic carbocycles. The zero-order valence-corrected chi connectivity index (χ0v) is 13.1. The Morgan fingerprint density at radius 2 is 2.05 bits per heavy atom. The molecular formula is C11H21N3O4S2. The van der Waals surface area contributed by atoms with Gasteiger partial charge < -0.3 is 10.5 Å². The summed E-state index contributed by atoms with van der Waals surface area (Å²) in [6, 6.07) is -0.156. The second kappa shape index (κ2) is 7.87. The number of hydrogen-bond acceptors (Lipinski definition) is 6. The summed E-state index contributed by atoms with van der Waals surface area (Å²) < 4.78 is 30.7. The van der Waals surface area contributed by atoms with E-state index in [1.165, 1.54) is 0 Å². The Labute approximate surface area is 124 Å².